The molecule has 4 heteroatoms. The van der Waals surface area contributed by atoms with Gasteiger partial charge in [-0.3, -0.25) is 4.98 Å². The summed E-state index contributed by atoms with van der Waals surface area (Å²) in [4.78, 5) is 4.16. The number of aliphatic hydroxyl groups is 1. The van der Waals surface area contributed by atoms with Crippen molar-refractivity contribution in [2.75, 3.05) is 0 Å². The molecule has 18 heavy (non-hydrogen) atoms. The molecule has 0 saturated carbocycles. The first kappa shape index (κ1) is 13.3. The number of aliphatic hydroxyl groups excluding tert-OH is 1. The van der Waals surface area contributed by atoms with E-state index in [1.54, 1.807) is 12.3 Å². The molecule has 0 amide bonds. The van der Waals surface area contributed by atoms with Crippen LogP contribution in [-0.4, -0.2) is 10.1 Å². The maximum Gasteiger partial charge on any atom is 0.0845 e. The van der Waals surface area contributed by atoms with Crippen LogP contribution < -0.4 is 0 Å². The quantitative estimate of drug-likeness (QED) is 0.923. The molecule has 1 aromatic carbocycles. The van der Waals surface area contributed by atoms with Gasteiger partial charge in [0.15, 0.2) is 0 Å². The number of pyridine rings is 1. The Labute approximate surface area is 116 Å². The molecule has 0 spiro atoms. The third-order valence-corrected chi connectivity index (χ3v) is 3.62. The molecule has 0 aliphatic rings. The van der Waals surface area contributed by atoms with Crippen molar-refractivity contribution in [2.24, 2.45) is 0 Å². The minimum absolute atomic E-state index is 0.421. The van der Waals surface area contributed by atoms with Crippen LogP contribution in [0.1, 0.15) is 22.9 Å². The summed E-state index contributed by atoms with van der Waals surface area (Å²) in [6.07, 6.45) is 1.47. The predicted molar refractivity (Wildman–Crippen MR) is 74.1 cm³/mol. The van der Waals surface area contributed by atoms with Crippen molar-refractivity contribution in [3.05, 3.63) is 63.4 Å². The molecule has 0 aliphatic heterocycles. The van der Waals surface area contributed by atoms with Crippen LogP contribution in [0.3, 0.4) is 0 Å². The van der Waals surface area contributed by atoms with Crippen LogP contribution >= 0.6 is 23.2 Å². The Hall–Kier alpha value is -1.09. The Bertz CT molecular complexity index is 540. The van der Waals surface area contributed by atoms with Gasteiger partial charge in [-0.2, -0.15) is 0 Å². The average molecular weight is 282 g/mol. The molecule has 1 heterocycles. The molecular formula is C14H13Cl2NO. The summed E-state index contributed by atoms with van der Waals surface area (Å²) in [5.74, 6) is 0. The lowest BCUT2D eigenvalue weighted by molar-refractivity contribution is 0.178. The zero-order valence-corrected chi connectivity index (χ0v) is 11.4. The van der Waals surface area contributed by atoms with Gasteiger partial charge < -0.3 is 5.11 Å². The second kappa shape index (κ2) is 5.70. The number of hydrogen-bond acceptors (Lipinski definition) is 2. The summed E-state index contributed by atoms with van der Waals surface area (Å²) in [5, 5.41) is 11.1. The molecular weight excluding hydrogens is 269 g/mol. The maximum absolute atomic E-state index is 10.1. The van der Waals surface area contributed by atoms with E-state index < -0.39 is 6.10 Å². The van der Waals surface area contributed by atoms with Crippen LogP contribution in [0.4, 0.5) is 0 Å². The van der Waals surface area contributed by atoms with E-state index in [1.807, 2.05) is 31.2 Å². The lowest BCUT2D eigenvalue weighted by Gasteiger charge is -2.12. The van der Waals surface area contributed by atoms with E-state index in [-0.39, 0.29) is 0 Å². The van der Waals surface area contributed by atoms with E-state index in [0.29, 0.717) is 16.5 Å². The van der Waals surface area contributed by atoms with Crippen LogP contribution in [0.15, 0.2) is 36.5 Å². The number of aromatic nitrogens is 1. The molecule has 0 radical (unpaired) electrons. The first-order chi connectivity index (χ1) is 8.58. The summed E-state index contributed by atoms with van der Waals surface area (Å²) in [6, 6.07) is 9.15. The third-order valence-electron chi connectivity index (χ3n) is 2.76. The van der Waals surface area contributed by atoms with Crippen molar-refractivity contribution in [2.45, 2.75) is 19.4 Å². The fourth-order valence-corrected chi connectivity index (χ4v) is 2.11. The molecule has 2 rings (SSSR count). The molecule has 94 valence electrons. The molecule has 1 atom stereocenters. The highest BCUT2D eigenvalue weighted by Crippen LogP contribution is 2.29. The van der Waals surface area contributed by atoms with Crippen molar-refractivity contribution in [3.63, 3.8) is 0 Å². The molecule has 1 aromatic heterocycles. The lowest BCUT2D eigenvalue weighted by atomic mass is 10.0. The van der Waals surface area contributed by atoms with E-state index in [1.165, 1.54) is 0 Å². The monoisotopic (exact) mass is 281 g/mol. The van der Waals surface area contributed by atoms with E-state index in [2.05, 4.69) is 4.98 Å². The zero-order valence-electron chi connectivity index (χ0n) is 9.90. The Morgan fingerprint density at radius 1 is 1.22 bits per heavy atom. The first-order valence-corrected chi connectivity index (χ1v) is 6.37. The third kappa shape index (κ3) is 3.02. The molecule has 2 nitrogen and oxygen atoms in total. The summed E-state index contributed by atoms with van der Waals surface area (Å²) in [5.41, 5.74) is 2.53. The second-order valence-electron chi connectivity index (χ2n) is 4.17. The molecule has 2 aromatic rings. The maximum atomic E-state index is 10.1. The molecule has 0 saturated heterocycles. The lowest BCUT2D eigenvalue weighted by Crippen LogP contribution is -2.03. The predicted octanol–water partition coefficient (Wildman–Crippen LogP) is 3.97. The fraction of sp³-hybridized carbons (Fsp3) is 0.214. The first-order valence-electron chi connectivity index (χ1n) is 5.61. The summed E-state index contributed by atoms with van der Waals surface area (Å²) in [7, 11) is 0. The van der Waals surface area contributed by atoms with Crippen LogP contribution in [0.2, 0.25) is 10.0 Å². The van der Waals surface area contributed by atoms with Crippen molar-refractivity contribution in [1.29, 1.82) is 0 Å². The summed E-state index contributed by atoms with van der Waals surface area (Å²) in [6.45, 7) is 1.91. The molecule has 0 fully saturated rings. The van der Waals surface area contributed by atoms with Crippen molar-refractivity contribution in [3.8, 4) is 0 Å². The molecule has 1 unspecified atom stereocenters. The molecule has 1 N–H and O–H groups in total. The Morgan fingerprint density at radius 3 is 2.67 bits per heavy atom. The largest absolute Gasteiger partial charge is 0.388 e. The van der Waals surface area contributed by atoms with Crippen molar-refractivity contribution < 1.29 is 5.11 Å². The van der Waals surface area contributed by atoms with E-state index in [0.717, 1.165) is 16.8 Å². The summed E-state index contributed by atoms with van der Waals surface area (Å²) < 4.78 is 0. The number of hydrogen-bond donors (Lipinski definition) is 1. The van der Waals surface area contributed by atoms with Gasteiger partial charge in [-0.15, -0.1) is 0 Å². The Kier molecular flexibility index (Phi) is 4.23. The van der Waals surface area contributed by atoms with Crippen molar-refractivity contribution in [1.82, 2.24) is 4.98 Å². The van der Waals surface area contributed by atoms with Gasteiger partial charge in [0.05, 0.1) is 16.1 Å². The van der Waals surface area contributed by atoms with Gasteiger partial charge in [-0.25, -0.2) is 0 Å². The highest BCUT2D eigenvalue weighted by atomic mass is 35.5. The standard InChI is InChI=1S/C14H13Cl2NO/c1-9-5-6-11(8-17-9)13(18)7-10-3-2-4-12(15)14(10)16/h2-6,8,13,18H,7H2,1H3. The summed E-state index contributed by atoms with van der Waals surface area (Å²) >= 11 is 12.0. The van der Waals surface area contributed by atoms with Gasteiger partial charge in [0.25, 0.3) is 0 Å². The highest BCUT2D eigenvalue weighted by molar-refractivity contribution is 6.42. The van der Waals surface area contributed by atoms with Gasteiger partial charge in [-0.05, 0) is 30.2 Å². The van der Waals surface area contributed by atoms with Crippen LogP contribution in [0, 0.1) is 6.92 Å². The number of nitrogens with zero attached hydrogens (tertiary/aromatic N) is 1. The number of benzene rings is 1. The normalized spacial score (nSPS) is 12.4. The van der Waals surface area contributed by atoms with Gasteiger partial charge in [0.2, 0.25) is 0 Å². The second-order valence-corrected chi connectivity index (χ2v) is 4.95. The number of halogens is 2. The van der Waals surface area contributed by atoms with Gasteiger partial charge in [-0.1, -0.05) is 41.4 Å². The topological polar surface area (TPSA) is 33.1 Å². The van der Waals surface area contributed by atoms with E-state index >= 15 is 0 Å². The van der Waals surface area contributed by atoms with Gasteiger partial charge >= 0.3 is 0 Å². The number of aryl methyl sites for hydroxylation is 1. The minimum Gasteiger partial charge on any atom is -0.388 e. The highest BCUT2D eigenvalue weighted by Gasteiger charge is 2.12. The zero-order chi connectivity index (χ0) is 13.1. The smallest absolute Gasteiger partial charge is 0.0845 e. The van der Waals surface area contributed by atoms with Gasteiger partial charge in [0, 0.05) is 18.3 Å². The fourth-order valence-electron chi connectivity index (χ4n) is 1.71. The Balaban J connectivity index is 2.18. The number of rotatable bonds is 3. The van der Waals surface area contributed by atoms with Crippen LogP contribution in [-0.2, 0) is 6.42 Å². The van der Waals surface area contributed by atoms with E-state index in [4.69, 9.17) is 23.2 Å². The van der Waals surface area contributed by atoms with Crippen LogP contribution in [0.25, 0.3) is 0 Å². The van der Waals surface area contributed by atoms with E-state index in [9.17, 15) is 5.11 Å². The molecule has 0 bridgehead atoms. The van der Waals surface area contributed by atoms with Gasteiger partial charge in [0.1, 0.15) is 0 Å². The van der Waals surface area contributed by atoms with Crippen molar-refractivity contribution >= 4 is 23.2 Å². The molecule has 0 aliphatic carbocycles. The average Bonchev–Trinajstić information content (AvgIpc) is 2.36. The Morgan fingerprint density at radius 2 is 2.00 bits per heavy atom. The minimum atomic E-state index is -0.630. The SMILES string of the molecule is Cc1ccc(C(O)Cc2cccc(Cl)c2Cl)cn1. The van der Waals surface area contributed by atoms with Crippen LogP contribution in [0.5, 0.6) is 0 Å².